The van der Waals surface area contributed by atoms with Gasteiger partial charge in [0.1, 0.15) is 7.73 Å². The first-order valence-corrected chi connectivity index (χ1v) is 6.06. The largest absolute Gasteiger partial charge is 0.232 e. The molecular formula is C5H12ClNP2. The average Bonchev–Trinajstić information content (AvgIpc) is 1.89. The van der Waals surface area contributed by atoms with E-state index in [4.69, 9.17) is 11.2 Å². The van der Waals surface area contributed by atoms with Crippen molar-refractivity contribution in [1.82, 2.24) is 0 Å². The molecule has 0 aliphatic carbocycles. The van der Waals surface area contributed by atoms with Gasteiger partial charge in [-0.1, -0.05) is 19.8 Å². The van der Waals surface area contributed by atoms with Crippen molar-refractivity contribution in [2.24, 2.45) is 4.52 Å². The maximum atomic E-state index is 5.33. The van der Waals surface area contributed by atoms with Crippen molar-refractivity contribution in [3.63, 3.8) is 0 Å². The molecule has 54 valence electrons. The van der Waals surface area contributed by atoms with E-state index in [-0.39, 0.29) is 0 Å². The summed E-state index contributed by atoms with van der Waals surface area (Å²) >= 11 is 5.33. The van der Waals surface area contributed by atoms with Crippen LogP contribution in [0.1, 0.15) is 26.2 Å². The van der Waals surface area contributed by atoms with Crippen molar-refractivity contribution in [2.45, 2.75) is 26.2 Å². The Bertz CT molecular complexity index is 77.4. The van der Waals surface area contributed by atoms with E-state index in [1.807, 2.05) is 0 Å². The van der Waals surface area contributed by atoms with Crippen molar-refractivity contribution in [3.8, 4) is 0 Å². The molecule has 4 heteroatoms. The summed E-state index contributed by atoms with van der Waals surface area (Å²) in [6.45, 7) is 2.21. The normalized spacial score (nSPS) is 12.2. The quantitative estimate of drug-likeness (QED) is 0.450. The van der Waals surface area contributed by atoms with Gasteiger partial charge in [0.2, 0.25) is 0 Å². The van der Waals surface area contributed by atoms with Gasteiger partial charge < -0.3 is 0 Å². The number of nitrogens with zero attached hydrogens (tertiary/aromatic N) is 1. The molecule has 0 heterocycles. The molecule has 1 nitrogen and oxygen atoms in total. The fourth-order valence-corrected chi connectivity index (χ4v) is 2.03. The van der Waals surface area contributed by atoms with Crippen LogP contribution in [0.15, 0.2) is 4.52 Å². The Morgan fingerprint density at radius 3 is 2.89 bits per heavy atom. The van der Waals surface area contributed by atoms with Crippen molar-refractivity contribution in [2.75, 3.05) is 6.16 Å². The molecule has 1 atom stereocenters. The maximum absolute atomic E-state index is 5.33. The van der Waals surface area contributed by atoms with Gasteiger partial charge in [-0.2, -0.15) is 0 Å². The Morgan fingerprint density at radius 2 is 2.33 bits per heavy atom. The monoisotopic (exact) mass is 183 g/mol. The maximum Gasteiger partial charge on any atom is 0.117 e. The van der Waals surface area contributed by atoms with Crippen LogP contribution >= 0.6 is 27.7 Å². The second-order valence-corrected chi connectivity index (χ2v) is 4.01. The summed E-state index contributed by atoms with van der Waals surface area (Å²) < 4.78 is 4.01. The lowest BCUT2D eigenvalue weighted by Crippen LogP contribution is -1.73. The topological polar surface area (TPSA) is 12.4 Å². The lowest BCUT2D eigenvalue weighted by Gasteiger charge is -1.91. The van der Waals surface area contributed by atoms with Crippen LogP contribution < -0.4 is 0 Å². The molecule has 0 rings (SSSR count). The highest BCUT2D eigenvalue weighted by Gasteiger charge is 1.83. The Kier molecular flexibility index (Phi) is 9.62. The van der Waals surface area contributed by atoms with Crippen molar-refractivity contribution < 1.29 is 0 Å². The first-order valence-electron chi connectivity index (χ1n) is 3.15. The van der Waals surface area contributed by atoms with E-state index in [9.17, 15) is 0 Å². The second-order valence-electron chi connectivity index (χ2n) is 1.79. The molecule has 9 heavy (non-hydrogen) atoms. The van der Waals surface area contributed by atoms with Crippen LogP contribution in [0.4, 0.5) is 0 Å². The molecule has 0 aromatic rings. The Morgan fingerprint density at radius 1 is 1.56 bits per heavy atom. The van der Waals surface area contributed by atoms with Gasteiger partial charge in [-0.05, 0) is 23.8 Å². The third kappa shape index (κ3) is 8.82. The van der Waals surface area contributed by atoms with E-state index >= 15 is 0 Å². The third-order valence-corrected chi connectivity index (χ3v) is 3.13. The molecule has 0 aliphatic rings. The molecule has 0 N–H and O–H groups in total. The highest BCUT2D eigenvalue weighted by atomic mass is 35.7. The van der Waals surface area contributed by atoms with Crippen LogP contribution in [-0.4, -0.2) is 6.16 Å². The van der Waals surface area contributed by atoms with Crippen molar-refractivity contribution in [1.29, 1.82) is 0 Å². The zero-order chi connectivity index (χ0) is 6.95. The van der Waals surface area contributed by atoms with Crippen LogP contribution in [-0.2, 0) is 0 Å². The second kappa shape index (κ2) is 8.82. The average molecular weight is 184 g/mol. The highest BCUT2D eigenvalue weighted by molar-refractivity contribution is 7.64. The molecule has 1 unspecified atom stereocenters. The van der Waals surface area contributed by atoms with Gasteiger partial charge in [0.25, 0.3) is 0 Å². The van der Waals surface area contributed by atoms with Crippen LogP contribution in [0, 0.1) is 0 Å². The SMILES string of the molecule is CCCCCPN=PCl. The van der Waals surface area contributed by atoms with Crippen LogP contribution in [0.3, 0.4) is 0 Å². The Balaban J connectivity index is 2.75. The van der Waals surface area contributed by atoms with Gasteiger partial charge in [0.05, 0.1) is 0 Å². The van der Waals surface area contributed by atoms with E-state index in [1.54, 1.807) is 0 Å². The number of unbranched alkanes of at least 4 members (excludes halogenated alkanes) is 2. The number of halogens is 1. The van der Waals surface area contributed by atoms with Gasteiger partial charge in [0.15, 0.2) is 0 Å². The molecule has 0 bridgehead atoms. The summed E-state index contributed by atoms with van der Waals surface area (Å²) in [5.41, 5.74) is 0. The zero-order valence-corrected chi connectivity index (χ0v) is 8.25. The highest BCUT2D eigenvalue weighted by Crippen LogP contribution is 2.22. The molecule has 0 radical (unpaired) electrons. The number of hydrogen-bond donors (Lipinski definition) is 0. The summed E-state index contributed by atoms with van der Waals surface area (Å²) in [6, 6.07) is 0. The summed E-state index contributed by atoms with van der Waals surface area (Å²) in [5, 5.41) is 0. The predicted octanol–water partition coefficient (Wildman–Crippen LogP) is 4.05. The Labute approximate surface area is 65.1 Å². The summed E-state index contributed by atoms with van der Waals surface area (Å²) in [6.07, 6.45) is 5.17. The minimum atomic E-state index is 0.674. The van der Waals surface area contributed by atoms with Gasteiger partial charge >= 0.3 is 0 Å². The lowest BCUT2D eigenvalue weighted by atomic mass is 10.3. The molecule has 0 aromatic carbocycles. The van der Waals surface area contributed by atoms with Gasteiger partial charge in [-0.15, -0.1) is 0 Å². The van der Waals surface area contributed by atoms with Crippen LogP contribution in [0.2, 0.25) is 0 Å². The molecule has 0 aromatic heterocycles. The summed E-state index contributed by atoms with van der Waals surface area (Å²) in [7, 11) is 1.40. The van der Waals surface area contributed by atoms with E-state index in [1.165, 1.54) is 25.4 Å². The number of hydrogen-bond acceptors (Lipinski definition) is 1. The van der Waals surface area contributed by atoms with Gasteiger partial charge in [0, 0.05) is 8.73 Å². The van der Waals surface area contributed by atoms with Crippen LogP contribution in [0.25, 0.3) is 0 Å². The third-order valence-electron chi connectivity index (χ3n) is 1.00. The predicted molar refractivity (Wildman–Crippen MR) is 47.9 cm³/mol. The van der Waals surface area contributed by atoms with E-state index in [0.717, 1.165) is 8.73 Å². The Hall–Kier alpha value is 0.820. The zero-order valence-electron chi connectivity index (χ0n) is 5.60. The molecular weight excluding hydrogens is 171 g/mol. The van der Waals surface area contributed by atoms with Crippen LogP contribution in [0.5, 0.6) is 0 Å². The summed E-state index contributed by atoms with van der Waals surface area (Å²) in [4.78, 5) is 0. The van der Waals surface area contributed by atoms with Crippen molar-refractivity contribution in [3.05, 3.63) is 0 Å². The number of rotatable bonds is 5. The van der Waals surface area contributed by atoms with E-state index in [0.29, 0.717) is 7.73 Å². The molecule has 0 saturated heterocycles. The van der Waals surface area contributed by atoms with E-state index < -0.39 is 0 Å². The molecule has 0 amide bonds. The first kappa shape index (κ1) is 9.82. The lowest BCUT2D eigenvalue weighted by molar-refractivity contribution is 0.777. The van der Waals surface area contributed by atoms with Crippen molar-refractivity contribution >= 4 is 27.7 Å². The van der Waals surface area contributed by atoms with Gasteiger partial charge in [-0.3, -0.25) is 0 Å². The standard InChI is InChI=1S/C5H12ClNP2/c1-2-3-4-5-8-7-9-6/h8H,2-5H2,1H3. The smallest absolute Gasteiger partial charge is 0.117 e. The first-order chi connectivity index (χ1) is 4.41. The van der Waals surface area contributed by atoms with Gasteiger partial charge in [-0.25, -0.2) is 4.52 Å². The molecule has 0 saturated carbocycles. The fraction of sp³-hybridized carbons (Fsp3) is 1.00. The molecule has 0 aliphatic heterocycles. The molecule has 0 fully saturated rings. The minimum absolute atomic E-state index is 0.674. The minimum Gasteiger partial charge on any atom is -0.232 e. The fourth-order valence-electron chi connectivity index (χ4n) is 0.531. The van der Waals surface area contributed by atoms with E-state index in [2.05, 4.69) is 11.4 Å². The molecule has 0 spiro atoms. The summed E-state index contributed by atoms with van der Waals surface area (Å²) in [5.74, 6) is 0.